The van der Waals surface area contributed by atoms with Gasteiger partial charge in [0.2, 0.25) is 0 Å². The highest BCUT2D eigenvalue weighted by Gasteiger charge is 2.29. The molecule has 0 aliphatic rings. The minimum atomic E-state index is -0.690. The van der Waals surface area contributed by atoms with Crippen LogP contribution in [0.5, 0.6) is 0 Å². The molecule has 0 N–H and O–H groups in total. The topological polar surface area (TPSA) is 65.0 Å². The monoisotopic (exact) mass is 355 g/mol. The van der Waals surface area contributed by atoms with Crippen LogP contribution in [0.25, 0.3) is 0 Å². The number of Topliss-reactive ketones (excluding diaryl/α,β-unsaturated/α-hetero) is 1. The van der Waals surface area contributed by atoms with Crippen LogP contribution in [-0.4, -0.2) is 31.2 Å². The van der Waals surface area contributed by atoms with Crippen molar-refractivity contribution in [2.75, 3.05) is 13.7 Å². The fraction of sp³-hybridized carbons (Fsp3) is 0.400. The van der Waals surface area contributed by atoms with E-state index in [2.05, 4.69) is 25.9 Å². The highest BCUT2D eigenvalue weighted by atomic mass is 79.9. The van der Waals surface area contributed by atoms with Crippen molar-refractivity contribution in [3.63, 3.8) is 0 Å². The van der Waals surface area contributed by atoms with Gasteiger partial charge in [0.05, 0.1) is 12.5 Å². The van der Waals surface area contributed by atoms with Crippen LogP contribution in [0.2, 0.25) is 0 Å². The van der Waals surface area contributed by atoms with Crippen LogP contribution >= 0.6 is 15.9 Å². The Kier molecular flexibility index (Phi) is 7.08. The van der Waals surface area contributed by atoms with Crippen molar-refractivity contribution in [3.8, 4) is 0 Å². The van der Waals surface area contributed by atoms with E-state index in [0.29, 0.717) is 6.42 Å². The van der Waals surface area contributed by atoms with Crippen molar-refractivity contribution in [3.05, 3.63) is 34.3 Å². The number of carbonyl (C=O) groups is 2. The summed E-state index contributed by atoms with van der Waals surface area (Å²) in [6.07, 6.45) is 0.365. The lowest BCUT2D eigenvalue weighted by molar-refractivity contribution is -0.136. The Morgan fingerprint density at radius 2 is 1.90 bits per heavy atom. The van der Waals surface area contributed by atoms with Crippen LogP contribution in [0.15, 0.2) is 33.9 Å². The van der Waals surface area contributed by atoms with E-state index < -0.39 is 11.9 Å². The Labute approximate surface area is 132 Å². The number of oxime groups is 1. The smallest absolute Gasteiger partial charge is 0.356 e. The number of hydrogen-bond acceptors (Lipinski definition) is 5. The van der Waals surface area contributed by atoms with Crippen molar-refractivity contribution in [2.24, 2.45) is 11.1 Å². The molecule has 0 aromatic heterocycles. The van der Waals surface area contributed by atoms with Crippen LogP contribution in [0, 0.1) is 5.92 Å². The number of rotatable bonds is 7. The number of carbonyl (C=O) groups excluding carboxylic acids is 2. The Hall–Kier alpha value is -1.69. The van der Waals surface area contributed by atoms with E-state index in [0.717, 1.165) is 10.0 Å². The highest BCUT2D eigenvalue weighted by molar-refractivity contribution is 9.10. The summed E-state index contributed by atoms with van der Waals surface area (Å²) in [5.74, 6) is -1.48. The summed E-state index contributed by atoms with van der Waals surface area (Å²) >= 11 is 3.35. The molecule has 1 aromatic rings. The summed E-state index contributed by atoms with van der Waals surface area (Å²) in [4.78, 5) is 28.5. The van der Waals surface area contributed by atoms with Crippen molar-refractivity contribution >= 4 is 33.4 Å². The molecule has 1 atom stereocenters. The molecule has 0 bridgehead atoms. The van der Waals surface area contributed by atoms with Crippen LogP contribution in [-0.2, 0) is 25.6 Å². The molecule has 1 unspecified atom stereocenters. The second-order valence-corrected chi connectivity index (χ2v) is 5.29. The first-order valence-corrected chi connectivity index (χ1v) is 7.32. The summed E-state index contributed by atoms with van der Waals surface area (Å²) in [5, 5.41) is 3.69. The highest BCUT2D eigenvalue weighted by Crippen LogP contribution is 2.16. The van der Waals surface area contributed by atoms with E-state index in [1.165, 1.54) is 14.0 Å². The standard InChI is InChI=1S/C15H18BrNO4/c1-4-21-15(19)14(17-20-3)13(10(2)18)9-11-5-7-12(16)8-6-11/h5-8,13H,4,9H2,1-3H3/b17-14-. The van der Waals surface area contributed by atoms with Gasteiger partial charge in [-0.25, -0.2) is 4.79 Å². The maximum atomic E-state index is 11.9. The van der Waals surface area contributed by atoms with Crippen molar-refractivity contribution in [1.29, 1.82) is 0 Å². The first-order valence-electron chi connectivity index (χ1n) is 6.52. The molecule has 0 fully saturated rings. The van der Waals surface area contributed by atoms with Crippen molar-refractivity contribution in [1.82, 2.24) is 0 Å². The molecule has 0 aliphatic carbocycles. The van der Waals surface area contributed by atoms with Crippen LogP contribution < -0.4 is 0 Å². The predicted molar refractivity (Wildman–Crippen MR) is 83.1 cm³/mol. The van der Waals surface area contributed by atoms with E-state index in [4.69, 9.17) is 4.74 Å². The number of benzene rings is 1. The first kappa shape index (κ1) is 17.4. The lowest BCUT2D eigenvalue weighted by Crippen LogP contribution is -2.32. The van der Waals surface area contributed by atoms with E-state index in [9.17, 15) is 9.59 Å². The van der Waals surface area contributed by atoms with Crippen molar-refractivity contribution in [2.45, 2.75) is 20.3 Å². The largest absolute Gasteiger partial charge is 0.461 e. The van der Waals surface area contributed by atoms with Gasteiger partial charge in [-0.15, -0.1) is 0 Å². The van der Waals surface area contributed by atoms with E-state index in [1.807, 2.05) is 24.3 Å². The molecule has 1 rings (SSSR count). The number of ketones is 1. The number of halogens is 1. The summed E-state index contributed by atoms with van der Waals surface area (Å²) in [6, 6.07) is 7.53. The van der Waals surface area contributed by atoms with Gasteiger partial charge >= 0.3 is 5.97 Å². The average molecular weight is 356 g/mol. The summed E-state index contributed by atoms with van der Waals surface area (Å²) in [7, 11) is 1.33. The number of nitrogens with zero attached hydrogens (tertiary/aromatic N) is 1. The molecule has 6 heteroatoms. The molecule has 114 valence electrons. The second-order valence-electron chi connectivity index (χ2n) is 4.37. The fourth-order valence-corrected chi connectivity index (χ4v) is 2.10. The van der Waals surface area contributed by atoms with Gasteiger partial charge in [0, 0.05) is 4.47 Å². The number of esters is 1. The number of hydrogen-bond donors (Lipinski definition) is 0. The fourth-order valence-electron chi connectivity index (χ4n) is 1.84. The normalized spacial score (nSPS) is 12.7. The first-order chi connectivity index (χ1) is 9.99. The van der Waals surface area contributed by atoms with E-state index >= 15 is 0 Å². The molecule has 0 saturated carbocycles. The molecule has 5 nitrogen and oxygen atoms in total. The van der Waals surface area contributed by atoms with Crippen LogP contribution in [0.1, 0.15) is 19.4 Å². The van der Waals surface area contributed by atoms with Gasteiger partial charge in [0.1, 0.15) is 12.9 Å². The van der Waals surface area contributed by atoms with Gasteiger partial charge in [-0.2, -0.15) is 0 Å². The quantitative estimate of drug-likeness (QED) is 0.428. The molecular weight excluding hydrogens is 338 g/mol. The Balaban J connectivity index is 3.02. The van der Waals surface area contributed by atoms with Gasteiger partial charge in [-0.05, 0) is 38.0 Å². The van der Waals surface area contributed by atoms with Gasteiger partial charge in [0.25, 0.3) is 0 Å². The Morgan fingerprint density at radius 3 is 2.38 bits per heavy atom. The van der Waals surface area contributed by atoms with E-state index in [1.54, 1.807) is 6.92 Å². The third-order valence-electron chi connectivity index (χ3n) is 2.85. The van der Waals surface area contributed by atoms with Gasteiger partial charge in [-0.3, -0.25) is 4.79 Å². The summed E-state index contributed by atoms with van der Waals surface area (Å²) in [6.45, 7) is 3.33. The van der Waals surface area contributed by atoms with E-state index in [-0.39, 0.29) is 18.1 Å². The Bertz CT molecular complexity index is 525. The minimum Gasteiger partial charge on any atom is -0.461 e. The maximum Gasteiger partial charge on any atom is 0.356 e. The SMILES string of the molecule is CCOC(=O)/C(=N\OC)C(Cc1ccc(Br)cc1)C(C)=O. The maximum absolute atomic E-state index is 11.9. The molecule has 0 amide bonds. The molecule has 21 heavy (non-hydrogen) atoms. The molecule has 0 aliphatic heterocycles. The van der Waals surface area contributed by atoms with Gasteiger partial charge in [-0.1, -0.05) is 33.2 Å². The summed E-state index contributed by atoms with van der Waals surface area (Å²) in [5.41, 5.74) is 0.918. The molecule has 1 aromatic carbocycles. The van der Waals surface area contributed by atoms with Gasteiger partial charge < -0.3 is 9.57 Å². The molecule has 0 radical (unpaired) electrons. The zero-order chi connectivity index (χ0) is 15.8. The number of ether oxygens (including phenoxy) is 1. The van der Waals surface area contributed by atoms with Crippen LogP contribution in [0.3, 0.4) is 0 Å². The Morgan fingerprint density at radius 1 is 1.29 bits per heavy atom. The summed E-state index contributed by atoms with van der Waals surface area (Å²) < 4.78 is 5.88. The van der Waals surface area contributed by atoms with Crippen LogP contribution in [0.4, 0.5) is 0 Å². The van der Waals surface area contributed by atoms with Crippen molar-refractivity contribution < 1.29 is 19.2 Å². The minimum absolute atomic E-state index is 0.00484. The van der Waals surface area contributed by atoms with Gasteiger partial charge in [0.15, 0.2) is 5.71 Å². The average Bonchev–Trinajstić information content (AvgIpc) is 2.44. The molecule has 0 heterocycles. The molecule has 0 spiro atoms. The predicted octanol–water partition coefficient (Wildman–Crippen LogP) is 2.76. The lowest BCUT2D eigenvalue weighted by Gasteiger charge is -2.15. The lowest BCUT2D eigenvalue weighted by atomic mass is 9.91. The third kappa shape index (κ3) is 5.30. The second kappa shape index (κ2) is 8.56. The zero-order valence-corrected chi connectivity index (χ0v) is 13.8. The molecule has 0 saturated heterocycles. The molecular formula is C15H18BrNO4. The third-order valence-corrected chi connectivity index (χ3v) is 3.38. The zero-order valence-electron chi connectivity index (χ0n) is 12.3.